The minimum atomic E-state index is -3.56. The summed E-state index contributed by atoms with van der Waals surface area (Å²) in [5.41, 5.74) is 13.7. The zero-order chi connectivity index (χ0) is 21.0. The van der Waals surface area contributed by atoms with Gasteiger partial charge in [0.15, 0.2) is 5.84 Å². The third kappa shape index (κ3) is 4.57. The van der Waals surface area contributed by atoms with Crippen molar-refractivity contribution in [2.75, 3.05) is 18.8 Å². The average Bonchev–Trinajstić information content (AvgIpc) is 2.74. The number of hydrogen-bond acceptors (Lipinski definition) is 6. The predicted octanol–water partition coefficient (Wildman–Crippen LogP) is 1.84. The number of oxime groups is 1. The van der Waals surface area contributed by atoms with E-state index >= 15 is 0 Å². The Kier molecular flexibility index (Phi) is 6.19. The van der Waals surface area contributed by atoms with E-state index in [1.54, 1.807) is 55.5 Å². The summed E-state index contributed by atoms with van der Waals surface area (Å²) in [7, 11) is -3.56. The van der Waals surface area contributed by atoms with E-state index in [1.165, 1.54) is 4.31 Å². The first-order chi connectivity index (χ1) is 13.8. The number of anilines is 1. The Balaban J connectivity index is 1.60. The Hall–Kier alpha value is -2.91. The monoisotopic (exact) mass is 416 g/mol. The summed E-state index contributed by atoms with van der Waals surface area (Å²) in [5, 5.41) is 3.74. The van der Waals surface area contributed by atoms with E-state index < -0.39 is 21.9 Å². The van der Waals surface area contributed by atoms with Crippen LogP contribution in [0.3, 0.4) is 0 Å². The maximum absolute atomic E-state index is 12.7. The second-order valence-electron chi connectivity index (χ2n) is 6.90. The number of hydrogen-bond donors (Lipinski definition) is 2. The van der Waals surface area contributed by atoms with Gasteiger partial charge in [0.1, 0.15) is 0 Å². The van der Waals surface area contributed by atoms with Crippen molar-refractivity contribution in [3.05, 3.63) is 59.7 Å². The van der Waals surface area contributed by atoms with Crippen molar-refractivity contribution in [3.63, 3.8) is 0 Å². The summed E-state index contributed by atoms with van der Waals surface area (Å²) in [6.07, 6.45) is 0.718. The Morgan fingerprint density at radius 1 is 1.10 bits per heavy atom. The molecule has 0 amide bonds. The molecule has 0 spiro atoms. The number of benzene rings is 2. The van der Waals surface area contributed by atoms with Crippen LogP contribution in [0, 0.1) is 12.8 Å². The van der Waals surface area contributed by atoms with E-state index in [9.17, 15) is 13.2 Å². The van der Waals surface area contributed by atoms with E-state index in [0.717, 1.165) is 5.56 Å². The highest BCUT2D eigenvalue weighted by molar-refractivity contribution is 7.89. The van der Waals surface area contributed by atoms with Crippen molar-refractivity contribution < 1.29 is 18.0 Å². The molecule has 154 valence electrons. The quantitative estimate of drug-likeness (QED) is 0.252. The van der Waals surface area contributed by atoms with Crippen LogP contribution in [0.5, 0.6) is 0 Å². The molecule has 4 N–H and O–H groups in total. The van der Waals surface area contributed by atoms with E-state index in [1.807, 2.05) is 0 Å². The van der Waals surface area contributed by atoms with Gasteiger partial charge in [-0.1, -0.05) is 35.5 Å². The van der Waals surface area contributed by atoms with Crippen LogP contribution >= 0.6 is 0 Å². The van der Waals surface area contributed by atoms with Gasteiger partial charge in [-0.25, -0.2) is 13.2 Å². The van der Waals surface area contributed by atoms with Crippen molar-refractivity contribution in [1.29, 1.82) is 0 Å². The highest BCUT2D eigenvalue weighted by atomic mass is 32.2. The van der Waals surface area contributed by atoms with E-state index in [-0.39, 0.29) is 23.8 Å². The van der Waals surface area contributed by atoms with Crippen molar-refractivity contribution >= 4 is 27.5 Å². The van der Waals surface area contributed by atoms with E-state index in [0.29, 0.717) is 24.1 Å². The van der Waals surface area contributed by atoms with Gasteiger partial charge in [0.2, 0.25) is 10.0 Å². The van der Waals surface area contributed by atoms with Gasteiger partial charge in [0.05, 0.1) is 10.8 Å². The fourth-order valence-electron chi connectivity index (χ4n) is 3.22. The van der Waals surface area contributed by atoms with Crippen molar-refractivity contribution in [3.8, 4) is 0 Å². The molecule has 9 heteroatoms. The first-order valence-corrected chi connectivity index (χ1v) is 10.7. The lowest BCUT2D eigenvalue weighted by molar-refractivity contribution is -0.149. The number of amidine groups is 1. The van der Waals surface area contributed by atoms with Crippen LogP contribution < -0.4 is 11.5 Å². The van der Waals surface area contributed by atoms with Gasteiger partial charge < -0.3 is 16.3 Å². The number of nitrogen functional groups attached to an aromatic ring is 1. The molecule has 0 aliphatic carbocycles. The Morgan fingerprint density at radius 2 is 1.76 bits per heavy atom. The second-order valence-corrected chi connectivity index (χ2v) is 8.84. The molecule has 0 saturated carbocycles. The zero-order valence-corrected chi connectivity index (χ0v) is 16.9. The molecular formula is C20H24N4O4S. The van der Waals surface area contributed by atoms with Crippen molar-refractivity contribution in [1.82, 2.24) is 4.31 Å². The Labute approximate surface area is 170 Å². The molecule has 2 aromatic carbocycles. The fourth-order valence-corrected chi connectivity index (χ4v) is 4.71. The van der Waals surface area contributed by atoms with Gasteiger partial charge in [-0.05, 0) is 43.5 Å². The molecule has 1 saturated heterocycles. The first-order valence-electron chi connectivity index (χ1n) is 9.25. The summed E-state index contributed by atoms with van der Waals surface area (Å²) in [4.78, 5) is 17.6. The summed E-state index contributed by atoms with van der Waals surface area (Å²) in [6.45, 7) is 2.28. The molecule has 0 atom stereocenters. The average molecular weight is 417 g/mol. The maximum atomic E-state index is 12.7. The Bertz CT molecular complexity index is 1010. The lowest BCUT2D eigenvalue weighted by atomic mass is 9.99. The Morgan fingerprint density at radius 3 is 2.41 bits per heavy atom. The number of carbonyl (C=O) groups excluding carboxylic acids is 1. The topological polar surface area (TPSA) is 128 Å². The largest absolute Gasteiger partial charge is 0.398 e. The normalized spacial score (nSPS) is 16.5. The molecule has 1 aliphatic heterocycles. The SMILES string of the molecule is Cc1c(N)cccc1/C(N)=N/OC(=O)C1CCN(S(=O)(=O)c2ccccc2)CC1. The number of carbonyl (C=O) groups is 1. The summed E-state index contributed by atoms with van der Waals surface area (Å²) >= 11 is 0. The van der Waals surface area contributed by atoms with Gasteiger partial charge >= 0.3 is 5.97 Å². The number of piperidine rings is 1. The van der Waals surface area contributed by atoms with Crippen LogP contribution in [0.15, 0.2) is 58.6 Å². The molecule has 3 rings (SSSR count). The van der Waals surface area contributed by atoms with Crippen LogP contribution in [0.25, 0.3) is 0 Å². The van der Waals surface area contributed by atoms with Gasteiger partial charge in [-0.15, -0.1) is 0 Å². The lowest BCUT2D eigenvalue weighted by Gasteiger charge is -2.29. The van der Waals surface area contributed by atoms with Gasteiger partial charge in [-0.3, -0.25) is 0 Å². The number of rotatable bonds is 5. The van der Waals surface area contributed by atoms with E-state index in [4.69, 9.17) is 16.3 Å². The molecule has 0 aromatic heterocycles. The standard InChI is InChI=1S/C20H24N4O4S/c1-14-17(8-5-9-18(14)21)19(22)23-28-20(25)15-10-12-24(13-11-15)29(26,27)16-6-3-2-4-7-16/h2-9,15H,10-13,21H2,1H3,(H2,22,23). The predicted molar refractivity (Wildman–Crippen MR) is 110 cm³/mol. The van der Waals surface area contributed by atoms with Crippen LogP contribution in [-0.2, 0) is 19.7 Å². The third-order valence-electron chi connectivity index (χ3n) is 5.05. The van der Waals surface area contributed by atoms with Crippen molar-refractivity contribution in [2.24, 2.45) is 16.8 Å². The molecule has 2 aromatic rings. The lowest BCUT2D eigenvalue weighted by Crippen LogP contribution is -2.40. The molecule has 1 aliphatic rings. The maximum Gasteiger partial charge on any atom is 0.338 e. The highest BCUT2D eigenvalue weighted by Crippen LogP contribution is 2.24. The molecule has 0 unspecified atom stereocenters. The zero-order valence-electron chi connectivity index (χ0n) is 16.1. The van der Waals surface area contributed by atoms with Crippen LogP contribution in [0.1, 0.15) is 24.0 Å². The molecular weight excluding hydrogens is 392 g/mol. The molecule has 29 heavy (non-hydrogen) atoms. The number of sulfonamides is 1. The minimum Gasteiger partial charge on any atom is -0.398 e. The number of nitrogens with zero attached hydrogens (tertiary/aromatic N) is 2. The smallest absolute Gasteiger partial charge is 0.338 e. The minimum absolute atomic E-state index is 0.0623. The second kappa shape index (κ2) is 8.62. The van der Waals surface area contributed by atoms with E-state index in [2.05, 4.69) is 5.16 Å². The van der Waals surface area contributed by atoms with Crippen LogP contribution in [0.2, 0.25) is 0 Å². The third-order valence-corrected chi connectivity index (χ3v) is 6.97. The first kappa shape index (κ1) is 20.8. The van der Waals surface area contributed by atoms with Crippen molar-refractivity contribution in [2.45, 2.75) is 24.7 Å². The summed E-state index contributed by atoms with van der Waals surface area (Å²) in [6, 6.07) is 13.5. The van der Waals surface area contributed by atoms with Crippen LogP contribution in [-0.4, -0.2) is 37.6 Å². The molecule has 1 fully saturated rings. The molecule has 0 radical (unpaired) electrons. The fraction of sp³-hybridized carbons (Fsp3) is 0.300. The number of nitrogens with two attached hydrogens (primary N) is 2. The summed E-state index contributed by atoms with van der Waals surface area (Å²) in [5.74, 6) is -0.894. The molecule has 1 heterocycles. The van der Waals surface area contributed by atoms with Gasteiger partial charge in [0, 0.05) is 24.3 Å². The van der Waals surface area contributed by atoms with Crippen LogP contribution in [0.4, 0.5) is 5.69 Å². The summed E-state index contributed by atoms with van der Waals surface area (Å²) < 4.78 is 26.7. The van der Waals surface area contributed by atoms with Gasteiger partial charge in [0.25, 0.3) is 0 Å². The van der Waals surface area contributed by atoms with Gasteiger partial charge in [-0.2, -0.15) is 4.31 Å². The molecule has 8 nitrogen and oxygen atoms in total. The molecule has 0 bridgehead atoms. The highest BCUT2D eigenvalue weighted by Gasteiger charge is 2.33.